The molecule has 0 atom stereocenters. The number of hydrogen-bond donors (Lipinski definition) is 1. The van der Waals surface area contributed by atoms with Crippen LogP contribution in [0.2, 0.25) is 0 Å². The predicted molar refractivity (Wildman–Crippen MR) is 139 cm³/mol. The maximum atomic E-state index is 12.8. The van der Waals surface area contributed by atoms with Crippen molar-refractivity contribution in [1.82, 2.24) is 0 Å². The fourth-order valence-electron chi connectivity index (χ4n) is 3.93. The Morgan fingerprint density at radius 1 is 1.14 bits per heavy atom. The third-order valence-electron chi connectivity index (χ3n) is 5.84. The Balaban J connectivity index is 1.71. The highest BCUT2D eigenvalue weighted by atomic mass is 16.6. The van der Waals surface area contributed by atoms with Crippen molar-refractivity contribution in [3.05, 3.63) is 88.2 Å². The molecule has 0 bridgehead atoms. The number of carbonyl (C=O) groups excluding carboxylic acids is 1. The zero-order valence-corrected chi connectivity index (χ0v) is 20.5. The number of aryl methyl sites for hydroxylation is 1. The van der Waals surface area contributed by atoms with Crippen molar-refractivity contribution < 1.29 is 23.6 Å². The Kier molecular flexibility index (Phi) is 7.05. The van der Waals surface area contributed by atoms with Crippen molar-refractivity contribution in [2.45, 2.75) is 20.8 Å². The number of methoxy groups -OCH3 is 1. The first-order valence-electron chi connectivity index (χ1n) is 11.4. The fourth-order valence-corrected chi connectivity index (χ4v) is 3.93. The molecule has 8 nitrogen and oxygen atoms in total. The number of amides is 1. The number of nitro groups is 1. The molecule has 1 aromatic heterocycles. The fraction of sp³-hybridized carbons (Fsp3) is 0.179. The van der Waals surface area contributed by atoms with Gasteiger partial charge in [-0.1, -0.05) is 18.2 Å². The molecule has 0 aliphatic carbocycles. The number of benzene rings is 3. The third-order valence-corrected chi connectivity index (χ3v) is 5.84. The van der Waals surface area contributed by atoms with E-state index in [1.807, 2.05) is 50.2 Å². The zero-order valence-electron chi connectivity index (χ0n) is 20.5. The number of non-ortho nitro benzene ring substituents is 1. The summed E-state index contributed by atoms with van der Waals surface area (Å²) in [6, 6.07) is 15.8. The molecule has 8 heteroatoms. The topological polar surface area (TPSA) is 104 Å². The van der Waals surface area contributed by atoms with Gasteiger partial charge in [-0.15, -0.1) is 0 Å². The van der Waals surface area contributed by atoms with Crippen molar-refractivity contribution in [2.75, 3.05) is 19.0 Å². The van der Waals surface area contributed by atoms with Gasteiger partial charge in [0.2, 0.25) is 5.91 Å². The molecule has 0 saturated carbocycles. The van der Waals surface area contributed by atoms with Crippen LogP contribution in [-0.4, -0.2) is 24.5 Å². The molecule has 4 aromatic rings. The smallest absolute Gasteiger partial charge is 0.271 e. The maximum absolute atomic E-state index is 12.8. The number of carbonyl (C=O) groups is 1. The number of hydrogen-bond acceptors (Lipinski definition) is 6. The second kappa shape index (κ2) is 10.4. The minimum atomic E-state index is -0.495. The molecule has 0 radical (unpaired) electrons. The van der Waals surface area contributed by atoms with Gasteiger partial charge in [0.15, 0.2) is 0 Å². The minimum absolute atomic E-state index is 0.0910. The Morgan fingerprint density at radius 3 is 2.56 bits per heavy atom. The number of fused-ring (bicyclic) bond motifs is 1. The molecule has 184 valence electrons. The maximum Gasteiger partial charge on any atom is 0.271 e. The van der Waals surface area contributed by atoms with E-state index in [4.69, 9.17) is 13.9 Å². The Hall–Kier alpha value is -4.59. The highest BCUT2D eigenvalue weighted by molar-refractivity contribution is 6.05. The van der Waals surface area contributed by atoms with Crippen LogP contribution in [0.1, 0.15) is 25.0 Å². The molecule has 0 spiro atoms. The number of nitrogens with one attached hydrogen (secondary N) is 1. The van der Waals surface area contributed by atoms with E-state index >= 15 is 0 Å². The highest BCUT2D eigenvalue weighted by Gasteiger charge is 2.16. The number of furan rings is 1. The van der Waals surface area contributed by atoms with Gasteiger partial charge < -0.3 is 19.2 Å². The van der Waals surface area contributed by atoms with E-state index in [2.05, 4.69) is 5.32 Å². The molecular formula is C28H26N2O6. The summed E-state index contributed by atoms with van der Waals surface area (Å²) in [4.78, 5) is 23.4. The molecule has 4 rings (SSSR count). The van der Waals surface area contributed by atoms with Crippen LogP contribution in [0.15, 0.2) is 71.4 Å². The first kappa shape index (κ1) is 24.5. The van der Waals surface area contributed by atoms with Crippen molar-refractivity contribution in [1.29, 1.82) is 0 Å². The Morgan fingerprint density at radius 2 is 1.89 bits per heavy atom. The number of allylic oxidation sites excluding steroid dienone is 1. The van der Waals surface area contributed by atoms with E-state index in [9.17, 15) is 14.9 Å². The SMILES string of the molecule is CCOc1cc2occ(-c3ccc(OC)cc3)c2cc1/C(C)=C/C(=O)Nc1cc([N+](=O)[O-])ccc1C. The summed E-state index contributed by atoms with van der Waals surface area (Å²) in [5.74, 6) is 0.949. The molecule has 0 saturated heterocycles. The normalized spacial score (nSPS) is 11.4. The van der Waals surface area contributed by atoms with Crippen molar-refractivity contribution >= 4 is 33.8 Å². The van der Waals surface area contributed by atoms with Gasteiger partial charge in [-0.25, -0.2) is 0 Å². The van der Waals surface area contributed by atoms with Crippen LogP contribution in [0.5, 0.6) is 11.5 Å². The lowest BCUT2D eigenvalue weighted by atomic mass is 9.99. The summed E-state index contributed by atoms with van der Waals surface area (Å²) < 4.78 is 16.9. The monoisotopic (exact) mass is 486 g/mol. The molecule has 3 aromatic carbocycles. The second-order valence-corrected chi connectivity index (χ2v) is 8.23. The van der Waals surface area contributed by atoms with Gasteiger partial charge >= 0.3 is 0 Å². The zero-order chi connectivity index (χ0) is 25.8. The van der Waals surface area contributed by atoms with Crippen LogP contribution >= 0.6 is 0 Å². The van der Waals surface area contributed by atoms with Gasteiger partial charge in [0.25, 0.3) is 5.69 Å². The number of nitro benzene ring substituents is 1. The number of anilines is 1. The first-order valence-corrected chi connectivity index (χ1v) is 11.4. The van der Waals surface area contributed by atoms with Gasteiger partial charge in [-0.05, 0) is 55.7 Å². The summed E-state index contributed by atoms with van der Waals surface area (Å²) in [6.07, 6.45) is 3.15. The quantitative estimate of drug-likeness (QED) is 0.167. The summed E-state index contributed by atoms with van der Waals surface area (Å²) in [7, 11) is 1.62. The average Bonchev–Trinajstić information content (AvgIpc) is 3.27. The van der Waals surface area contributed by atoms with Crippen molar-refractivity contribution in [3.63, 3.8) is 0 Å². The molecule has 1 N–H and O–H groups in total. The van der Waals surface area contributed by atoms with E-state index < -0.39 is 10.8 Å². The lowest BCUT2D eigenvalue weighted by Crippen LogP contribution is -2.10. The van der Waals surface area contributed by atoms with Crippen molar-refractivity contribution in [3.8, 4) is 22.6 Å². The largest absolute Gasteiger partial charge is 0.497 e. The highest BCUT2D eigenvalue weighted by Crippen LogP contribution is 2.38. The standard InChI is InChI=1S/C28H26N2O6/c1-5-35-26-15-27-23(24(16-36-27)19-7-10-21(34-4)11-8-19)14-22(26)18(3)12-28(31)29-25-13-20(30(32)33)9-6-17(25)2/h6-16H,5H2,1-4H3,(H,29,31)/b18-12+. The lowest BCUT2D eigenvalue weighted by molar-refractivity contribution is -0.384. The van der Waals surface area contributed by atoms with Crippen LogP contribution in [-0.2, 0) is 4.79 Å². The first-order chi connectivity index (χ1) is 17.3. The number of nitrogens with zero attached hydrogens (tertiary/aromatic N) is 1. The van der Waals surface area contributed by atoms with Gasteiger partial charge in [0, 0.05) is 40.8 Å². The van der Waals surface area contributed by atoms with Crippen LogP contribution in [0.4, 0.5) is 11.4 Å². The minimum Gasteiger partial charge on any atom is -0.497 e. The molecule has 1 heterocycles. The van der Waals surface area contributed by atoms with E-state index in [-0.39, 0.29) is 5.69 Å². The molecule has 0 aliphatic heterocycles. The van der Waals surface area contributed by atoms with E-state index in [1.54, 1.807) is 26.4 Å². The molecule has 0 unspecified atom stereocenters. The van der Waals surface area contributed by atoms with Gasteiger partial charge in [0.05, 0.1) is 30.6 Å². The number of ether oxygens (including phenoxy) is 2. The molecular weight excluding hydrogens is 460 g/mol. The Bertz CT molecular complexity index is 1470. The van der Waals surface area contributed by atoms with Gasteiger partial charge in [-0.2, -0.15) is 0 Å². The van der Waals surface area contributed by atoms with Gasteiger partial charge in [-0.3, -0.25) is 14.9 Å². The molecule has 0 fully saturated rings. The van der Waals surface area contributed by atoms with Crippen molar-refractivity contribution in [2.24, 2.45) is 0 Å². The molecule has 0 aliphatic rings. The van der Waals surface area contributed by atoms with Gasteiger partial charge in [0.1, 0.15) is 17.1 Å². The van der Waals surface area contributed by atoms with E-state index in [0.717, 1.165) is 33.4 Å². The molecule has 1 amide bonds. The van der Waals surface area contributed by atoms with Crippen LogP contribution < -0.4 is 14.8 Å². The van der Waals surface area contributed by atoms with E-state index in [0.29, 0.717) is 29.2 Å². The van der Waals surface area contributed by atoms with E-state index in [1.165, 1.54) is 18.2 Å². The lowest BCUT2D eigenvalue weighted by Gasteiger charge is -2.12. The second-order valence-electron chi connectivity index (χ2n) is 8.23. The summed E-state index contributed by atoms with van der Waals surface area (Å²) in [6.45, 7) is 5.92. The molecule has 36 heavy (non-hydrogen) atoms. The predicted octanol–water partition coefficient (Wildman–Crippen LogP) is 6.77. The third kappa shape index (κ3) is 5.07. The van der Waals surface area contributed by atoms with Crippen LogP contribution in [0, 0.1) is 17.0 Å². The summed E-state index contributed by atoms with van der Waals surface area (Å²) in [5, 5.41) is 14.7. The summed E-state index contributed by atoms with van der Waals surface area (Å²) in [5.41, 5.74) is 4.96. The Labute approximate surface area is 208 Å². The average molecular weight is 487 g/mol. The summed E-state index contributed by atoms with van der Waals surface area (Å²) >= 11 is 0. The number of rotatable bonds is 8. The van der Waals surface area contributed by atoms with Crippen LogP contribution in [0.3, 0.4) is 0 Å². The van der Waals surface area contributed by atoms with Crippen LogP contribution in [0.25, 0.3) is 27.7 Å².